The standard InChI is InChI=1S/C18H27N3O3S.ClH/c1-12(20-18(23)16(19)9-10-25-2)13-3-7-15(8-4-13)24-11-17(22)21-14-5-6-14;/h3-4,7-8,12,14,16H,5-6,9-11,19H2,1-2H3,(H,20,23)(H,21,22);1H/t12?,16-;/m0./s1. The Morgan fingerprint density at radius 2 is 1.96 bits per heavy atom. The van der Waals surface area contributed by atoms with Crippen LogP contribution in [0.1, 0.15) is 37.8 Å². The maximum Gasteiger partial charge on any atom is 0.258 e. The first kappa shape index (κ1) is 22.6. The van der Waals surface area contributed by atoms with E-state index in [1.807, 2.05) is 25.3 Å². The van der Waals surface area contributed by atoms with Crippen LogP contribution in [0.4, 0.5) is 0 Å². The number of hydrogen-bond acceptors (Lipinski definition) is 5. The Morgan fingerprint density at radius 3 is 2.54 bits per heavy atom. The molecule has 1 unspecified atom stereocenters. The Morgan fingerprint density at radius 1 is 1.31 bits per heavy atom. The van der Waals surface area contributed by atoms with Gasteiger partial charge in [0.15, 0.2) is 6.61 Å². The largest absolute Gasteiger partial charge is 0.484 e. The molecule has 146 valence electrons. The molecule has 1 fully saturated rings. The lowest BCUT2D eigenvalue weighted by Gasteiger charge is -2.18. The van der Waals surface area contributed by atoms with Gasteiger partial charge in [-0.1, -0.05) is 12.1 Å². The molecule has 0 bridgehead atoms. The fraction of sp³-hybridized carbons (Fsp3) is 0.556. The molecule has 2 rings (SSSR count). The molecule has 26 heavy (non-hydrogen) atoms. The van der Waals surface area contributed by atoms with Crippen molar-refractivity contribution in [2.75, 3.05) is 18.6 Å². The molecule has 2 atom stereocenters. The van der Waals surface area contributed by atoms with Gasteiger partial charge < -0.3 is 21.1 Å². The highest BCUT2D eigenvalue weighted by Gasteiger charge is 2.23. The van der Waals surface area contributed by atoms with Crippen LogP contribution in [0.15, 0.2) is 24.3 Å². The number of thioether (sulfide) groups is 1. The normalized spacial score (nSPS) is 15.3. The monoisotopic (exact) mass is 401 g/mol. The molecule has 1 aromatic carbocycles. The van der Waals surface area contributed by atoms with Crippen LogP contribution in [0.25, 0.3) is 0 Å². The number of hydrogen-bond donors (Lipinski definition) is 3. The van der Waals surface area contributed by atoms with Gasteiger partial charge in [-0.05, 0) is 55.9 Å². The zero-order valence-electron chi connectivity index (χ0n) is 15.2. The van der Waals surface area contributed by atoms with Crippen LogP contribution < -0.4 is 21.1 Å². The summed E-state index contributed by atoms with van der Waals surface area (Å²) in [6.45, 7) is 1.94. The van der Waals surface area contributed by atoms with E-state index in [9.17, 15) is 9.59 Å². The molecule has 1 aromatic rings. The maximum absolute atomic E-state index is 12.1. The lowest BCUT2D eigenvalue weighted by Crippen LogP contribution is -2.41. The van der Waals surface area contributed by atoms with Crippen molar-refractivity contribution in [2.45, 2.75) is 44.3 Å². The molecule has 0 radical (unpaired) electrons. The Labute approximate surface area is 165 Å². The van der Waals surface area contributed by atoms with Crippen molar-refractivity contribution in [1.82, 2.24) is 10.6 Å². The third-order valence-corrected chi connectivity index (χ3v) is 4.66. The third kappa shape index (κ3) is 7.85. The molecule has 0 aromatic heterocycles. The molecule has 2 amide bonds. The molecule has 1 aliphatic carbocycles. The predicted octanol–water partition coefficient (Wildman–Crippen LogP) is 2.02. The van der Waals surface area contributed by atoms with Gasteiger partial charge in [0.25, 0.3) is 5.91 Å². The highest BCUT2D eigenvalue weighted by atomic mass is 35.5. The Balaban J connectivity index is 0.00000338. The second kappa shape index (κ2) is 11.3. The van der Waals surface area contributed by atoms with Gasteiger partial charge in [-0.2, -0.15) is 11.8 Å². The summed E-state index contributed by atoms with van der Waals surface area (Å²) < 4.78 is 5.47. The third-order valence-electron chi connectivity index (χ3n) is 4.02. The number of carbonyl (C=O) groups is 2. The van der Waals surface area contributed by atoms with Gasteiger partial charge in [-0.3, -0.25) is 9.59 Å². The number of carbonyl (C=O) groups excluding carboxylic acids is 2. The van der Waals surface area contributed by atoms with E-state index in [2.05, 4.69) is 10.6 Å². The Kier molecular flexibility index (Phi) is 9.83. The smallest absolute Gasteiger partial charge is 0.258 e. The van der Waals surface area contributed by atoms with Crippen LogP contribution in [-0.4, -0.2) is 42.5 Å². The average Bonchev–Trinajstić information content (AvgIpc) is 3.42. The van der Waals surface area contributed by atoms with Gasteiger partial charge in [0, 0.05) is 6.04 Å². The van der Waals surface area contributed by atoms with Gasteiger partial charge in [0.05, 0.1) is 12.1 Å². The lowest BCUT2D eigenvalue weighted by molar-refractivity contribution is -0.123. The number of benzene rings is 1. The minimum absolute atomic E-state index is 0. The fourth-order valence-electron chi connectivity index (χ4n) is 2.28. The second-order valence-corrected chi connectivity index (χ2v) is 7.30. The first-order valence-corrected chi connectivity index (χ1v) is 9.96. The summed E-state index contributed by atoms with van der Waals surface area (Å²) in [5, 5.41) is 5.80. The maximum atomic E-state index is 12.1. The van der Waals surface area contributed by atoms with Crippen molar-refractivity contribution >= 4 is 36.0 Å². The summed E-state index contributed by atoms with van der Waals surface area (Å²) in [5.41, 5.74) is 6.84. The summed E-state index contributed by atoms with van der Waals surface area (Å²) in [4.78, 5) is 23.7. The van der Waals surface area contributed by atoms with Crippen LogP contribution in [0.3, 0.4) is 0 Å². The Hall–Kier alpha value is -1.44. The zero-order chi connectivity index (χ0) is 18.2. The van der Waals surface area contributed by atoms with E-state index < -0.39 is 6.04 Å². The highest BCUT2D eigenvalue weighted by molar-refractivity contribution is 7.98. The topological polar surface area (TPSA) is 93.5 Å². The van der Waals surface area contributed by atoms with Crippen LogP contribution in [0, 0.1) is 0 Å². The molecule has 8 heteroatoms. The van der Waals surface area contributed by atoms with Gasteiger partial charge in [-0.25, -0.2) is 0 Å². The SMILES string of the molecule is CSCC[C@H](N)C(=O)NC(C)c1ccc(OCC(=O)NC2CC2)cc1.Cl. The van der Waals surface area contributed by atoms with Gasteiger partial charge in [0.1, 0.15) is 5.75 Å². The van der Waals surface area contributed by atoms with E-state index in [0.29, 0.717) is 18.2 Å². The first-order chi connectivity index (χ1) is 12.0. The summed E-state index contributed by atoms with van der Waals surface area (Å²) >= 11 is 1.67. The number of halogens is 1. The van der Waals surface area contributed by atoms with Crippen molar-refractivity contribution in [2.24, 2.45) is 5.73 Å². The minimum Gasteiger partial charge on any atom is -0.484 e. The van der Waals surface area contributed by atoms with Crippen molar-refractivity contribution in [3.8, 4) is 5.75 Å². The number of ether oxygens (including phenoxy) is 1. The van der Waals surface area contributed by atoms with Crippen LogP contribution in [0.5, 0.6) is 5.75 Å². The number of amides is 2. The van der Waals surface area contributed by atoms with Crippen molar-refractivity contribution in [3.05, 3.63) is 29.8 Å². The first-order valence-electron chi connectivity index (χ1n) is 8.56. The summed E-state index contributed by atoms with van der Waals surface area (Å²) in [6, 6.07) is 7.08. The fourth-order valence-corrected chi connectivity index (χ4v) is 2.77. The molecule has 0 saturated heterocycles. The van der Waals surface area contributed by atoms with E-state index >= 15 is 0 Å². The minimum atomic E-state index is -0.484. The molecule has 0 heterocycles. The van der Waals surface area contributed by atoms with E-state index in [4.69, 9.17) is 10.5 Å². The number of nitrogens with two attached hydrogens (primary N) is 1. The molecule has 1 aliphatic rings. The summed E-state index contributed by atoms with van der Waals surface area (Å²) in [7, 11) is 0. The van der Waals surface area contributed by atoms with E-state index in [1.165, 1.54) is 0 Å². The quantitative estimate of drug-likeness (QED) is 0.557. The van der Waals surface area contributed by atoms with Crippen molar-refractivity contribution < 1.29 is 14.3 Å². The second-order valence-electron chi connectivity index (χ2n) is 6.32. The predicted molar refractivity (Wildman–Crippen MR) is 108 cm³/mol. The van der Waals surface area contributed by atoms with Gasteiger partial charge >= 0.3 is 0 Å². The van der Waals surface area contributed by atoms with E-state index in [1.54, 1.807) is 23.9 Å². The molecule has 4 N–H and O–H groups in total. The summed E-state index contributed by atoms with van der Waals surface area (Å²) in [5.74, 6) is 1.26. The highest BCUT2D eigenvalue weighted by Crippen LogP contribution is 2.19. The zero-order valence-corrected chi connectivity index (χ0v) is 16.8. The van der Waals surface area contributed by atoms with Crippen LogP contribution in [0.2, 0.25) is 0 Å². The van der Waals surface area contributed by atoms with Crippen LogP contribution in [-0.2, 0) is 9.59 Å². The Bertz CT molecular complexity index is 582. The van der Waals surface area contributed by atoms with Crippen LogP contribution >= 0.6 is 24.2 Å². The molecule has 0 spiro atoms. The average molecular weight is 402 g/mol. The molecular formula is C18H28ClN3O3S. The van der Waals surface area contributed by atoms with E-state index in [-0.39, 0.29) is 36.9 Å². The van der Waals surface area contributed by atoms with Crippen molar-refractivity contribution in [1.29, 1.82) is 0 Å². The molecule has 1 saturated carbocycles. The van der Waals surface area contributed by atoms with Gasteiger partial charge in [0.2, 0.25) is 5.91 Å². The van der Waals surface area contributed by atoms with Gasteiger partial charge in [-0.15, -0.1) is 12.4 Å². The number of rotatable bonds is 10. The summed E-state index contributed by atoms with van der Waals surface area (Å²) in [6.07, 6.45) is 4.78. The molecule has 0 aliphatic heterocycles. The lowest BCUT2D eigenvalue weighted by atomic mass is 10.1. The molecular weight excluding hydrogens is 374 g/mol. The number of nitrogens with one attached hydrogen (secondary N) is 2. The molecule has 6 nitrogen and oxygen atoms in total. The van der Waals surface area contributed by atoms with E-state index in [0.717, 1.165) is 24.2 Å². The van der Waals surface area contributed by atoms with Crippen molar-refractivity contribution in [3.63, 3.8) is 0 Å².